The molecule has 0 amide bonds. The minimum atomic E-state index is -2.40. The van der Waals surface area contributed by atoms with E-state index < -0.39 is 283 Å². The zero-order valence-electron chi connectivity index (χ0n) is 61.2. The highest BCUT2D eigenvalue weighted by Crippen LogP contribution is 2.82. The predicted molar refractivity (Wildman–Crippen MR) is 352 cm³/mol. The van der Waals surface area contributed by atoms with Gasteiger partial charge in [0.05, 0.1) is 69.6 Å². The fourth-order valence-corrected chi connectivity index (χ4v) is 21.9. The van der Waals surface area contributed by atoms with E-state index in [4.69, 9.17) is 71.1 Å². The zero-order chi connectivity index (χ0) is 77.6. The van der Waals surface area contributed by atoms with E-state index in [1.807, 2.05) is 0 Å². The molecule has 107 heavy (non-hydrogen) atoms. The molecule has 0 aromatic heterocycles. The van der Waals surface area contributed by atoms with Crippen LogP contribution >= 0.6 is 0 Å². The Morgan fingerprint density at radius 1 is 0.374 bits per heavy atom. The molecule has 36 nitrogen and oxygen atoms in total. The van der Waals surface area contributed by atoms with Crippen molar-refractivity contribution >= 4 is 0 Å². The van der Waals surface area contributed by atoms with Crippen LogP contribution in [0, 0.1) is 50.2 Å². The largest absolute Gasteiger partial charge is 0.491 e. The van der Waals surface area contributed by atoms with Crippen LogP contribution in [-0.4, -0.2) is 374 Å². The Hall–Kier alpha value is -1.86. The second-order valence-corrected chi connectivity index (χ2v) is 34.7. The average Bonchev–Trinajstić information content (AvgIpc) is 1.54. The summed E-state index contributed by atoms with van der Waals surface area (Å²) in [6.07, 6.45) is -58.7. The van der Waals surface area contributed by atoms with Gasteiger partial charge in [0, 0.05) is 11.3 Å². The van der Waals surface area contributed by atoms with Gasteiger partial charge in [-0.05, 0) is 97.7 Å². The maximum absolute atomic E-state index is 13.0. The van der Waals surface area contributed by atoms with Gasteiger partial charge < -0.3 is 178 Å². The van der Waals surface area contributed by atoms with E-state index in [1.54, 1.807) is 0 Å². The molecule has 13 aliphatic rings. The highest BCUT2D eigenvalue weighted by Gasteiger charge is 2.82. The lowest BCUT2D eigenvalue weighted by Gasteiger charge is -2.74. The van der Waals surface area contributed by atoms with E-state index in [0.717, 1.165) is 50.7 Å². The van der Waals surface area contributed by atoms with Crippen LogP contribution in [0.3, 0.4) is 0 Å². The Balaban J connectivity index is 0.793. The van der Waals surface area contributed by atoms with Gasteiger partial charge in [-0.2, -0.15) is 0 Å². The molecule has 8 aliphatic heterocycles. The summed E-state index contributed by atoms with van der Waals surface area (Å²) in [5.41, 5.74) is -2.64. The van der Waals surface area contributed by atoms with Gasteiger partial charge in [0.2, 0.25) is 0 Å². The summed E-state index contributed by atoms with van der Waals surface area (Å²) in [5.74, 6) is 1.01. The normalized spacial score (nSPS) is 56.0. The molecule has 13 rings (SSSR count). The Labute approximate surface area is 618 Å². The molecule has 0 aromatic carbocycles. The third-order valence-corrected chi connectivity index (χ3v) is 28.2. The maximum atomic E-state index is 13.0. The van der Waals surface area contributed by atoms with E-state index in [0.29, 0.717) is 19.3 Å². The van der Waals surface area contributed by atoms with E-state index in [9.17, 15) is 107 Å². The third kappa shape index (κ3) is 13.6. The molecule has 8 heterocycles. The van der Waals surface area contributed by atoms with Crippen LogP contribution in [0.15, 0.2) is 12.3 Å². The Bertz CT molecular complexity index is 3030. The van der Waals surface area contributed by atoms with Crippen molar-refractivity contribution in [3.05, 3.63) is 12.3 Å². The van der Waals surface area contributed by atoms with Crippen molar-refractivity contribution in [2.75, 3.05) is 46.2 Å². The lowest BCUT2D eigenvalue weighted by molar-refractivity contribution is -0.414. The Kier molecular flexibility index (Phi) is 24.0. The summed E-state index contributed by atoms with van der Waals surface area (Å²) in [6, 6.07) is 0. The second-order valence-electron chi connectivity index (χ2n) is 34.7. The van der Waals surface area contributed by atoms with Crippen LogP contribution in [0.1, 0.15) is 113 Å². The molecule has 43 atom stereocenters. The van der Waals surface area contributed by atoms with E-state index in [-0.39, 0.29) is 34.0 Å². The molecule has 2 bridgehead atoms. The molecular formula is C71H116O36. The Morgan fingerprint density at radius 3 is 1.40 bits per heavy atom. The van der Waals surface area contributed by atoms with Crippen LogP contribution in [0.4, 0.5) is 0 Å². The van der Waals surface area contributed by atoms with Crippen molar-refractivity contribution in [3.63, 3.8) is 0 Å². The lowest BCUT2D eigenvalue weighted by Crippen LogP contribution is -2.74. The molecule has 13 fully saturated rings. The smallest absolute Gasteiger partial charge is 0.187 e. The van der Waals surface area contributed by atoms with Gasteiger partial charge in [-0.1, -0.05) is 55.0 Å². The van der Waals surface area contributed by atoms with E-state index in [1.165, 1.54) is 0 Å². The molecule has 0 aromatic rings. The molecule has 5 saturated carbocycles. The highest BCUT2D eigenvalue weighted by molar-refractivity contribution is 5.35. The van der Waals surface area contributed by atoms with Crippen molar-refractivity contribution in [3.8, 4) is 0 Å². The fourth-order valence-electron chi connectivity index (χ4n) is 21.9. The summed E-state index contributed by atoms with van der Waals surface area (Å²) >= 11 is 0. The number of aliphatic hydroxyl groups excluding tert-OH is 21. The Morgan fingerprint density at radius 2 is 0.841 bits per heavy atom. The van der Waals surface area contributed by atoms with Crippen molar-refractivity contribution in [1.82, 2.24) is 0 Å². The van der Waals surface area contributed by atoms with Gasteiger partial charge in [-0.15, -0.1) is 0 Å². The molecule has 21 N–H and O–H groups in total. The summed E-state index contributed by atoms with van der Waals surface area (Å²) < 4.78 is 93.7. The van der Waals surface area contributed by atoms with Gasteiger partial charge >= 0.3 is 0 Å². The van der Waals surface area contributed by atoms with Gasteiger partial charge in [0.1, 0.15) is 164 Å². The number of aliphatic hydroxyl groups is 21. The van der Waals surface area contributed by atoms with Gasteiger partial charge in [0.25, 0.3) is 0 Å². The van der Waals surface area contributed by atoms with Gasteiger partial charge in [-0.25, -0.2) is 0 Å². The zero-order valence-corrected chi connectivity index (χ0v) is 61.2. The minimum absolute atomic E-state index is 0.0164. The molecule has 0 radical (unpaired) electrons. The minimum Gasteiger partial charge on any atom is -0.491 e. The average molecular weight is 1550 g/mol. The third-order valence-electron chi connectivity index (χ3n) is 28.2. The fraction of sp³-hybridized carbons (Fsp3) is 0.972. The first kappa shape index (κ1) is 83.1. The van der Waals surface area contributed by atoms with Crippen molar-refractivity contribution in [2.45, 2.75) is 333 Å². The quantitative estimate of drug-likeness (QED) is 0.0534. The van der Waals surface area contributed by atoms with Crippen molar-refractivity contribution in [1.29, 1.82) is 0 Å². The van der Waals surface area contributed by atoms with Crippen LogP contribution in [0.25, 0.3) is 0 Å². The topological polar surface area (TPSA) is 563 Å². The number of rotatable bonds is 19. The lowest BCUT2D eigenvalue weighted by atomic mass is 9.30. The van der Waals surface area contributed by atoms with Crippen LogP contribution in [0.5, 0.6) is 0 Å². The number of hydrogen-bond acceptors (Lipinski definition) is 36. The van der Waals surface area contributed by atoms with Gasteiger partial charge in [0.15, 0.2) is 44.0 Å². The molecule has 36 heteroatoms. The molecule has 5 aliphatic carbocycles. The SMILES string of the molecule is C=C1OC23CCC4C5(C)CCC(OC6OCC(OC7OC(CO)C(O)C(OC8OC(CO)C(OC9OC(CO)C(O)C(O)C9O)C(OC9OC(CO)C(O)C(O)C9O)C8O)C7OC7OCC(O)C(O)C7O)C(O)C6OC6OC(CO)C(O)C(O)C6O)C(C)(C)C5CCC4(C)C2(C)CC(O)C12CCC(C)(C)CC23. The summed E-state index contributed by atoms with van der Waals surface area (Å²) in [6.45, 7) is 14.2. The predicted octanol–water partition coefficient (Wildman–Crippen LogP) is -7.09. The molecular weight excluding hydrogens is 1430 g/mol. The van der Waals surface area contributed by atoms with Crippen LogP contribution in [-0.2, 0) is 71.1 Å². The summed E-state index contributed by atoms with van der Waals surface area (Å²) in [4.78, 5) is 0. The number of ether oxygens (including phenoxy) is 15. The van der Waals surface area contributed by atoms with Crippen LogP contribution < -0.4 is 0 Å². The first-order valence-electron chi connectivity index (χ1n) is 37.8. The van der Waals surface area contributed by atoms with E-state index >= 15 is 0 Å². The molecule has 43 unspecified atom stereocenters. The highest BCUT2D eigenvalue weighted by atomic mass is 16.8. The summed E-state index contributed by atoms with van der Waals surface area (Å²) in [5, 5.41) is 235. The second kappa shape index (κ2) is 31.0. The van der Waals surface area contributed by atoms with E-state index in [2.05, 4.69) is 55.0 Å². The van der Waals surface area contributed by atoms with Gasteiger partial charge in [-0.3, -0.25) is 0 Å². The number of fused-ring (bicyclic) bond motifs is 4. The first-order chi connectivity index (χ1) is 50.4. The molecule has 616 valence electrons. The first-order valence-corrected chi connectivity index (χ1v) is 37.8. The van der Waals surface area contributed by atoms with Crippen molar-refractivity contribution in [2.24, 2.45) is 50.2 Å². The van der Waals surface area contributed by atoms with Crippen LogP contribution in [0.2, 0.25) is 0 Å². The monoisotopic (exact) mass is 1540 g/mol. The van der Waals surface area contributed by atoms with Crippen molar-refractivity contribution < 1.29 is 178 Å². The standard InChI is InChI=1S/C71H116O36/c1-26-70-16-15-65(2,3)17-36(70)71(107-26)14-10-35-67(6)12-11-38(66(4,5)34(67)9-13-68(35,7)69(71,8)18-37(70)78)101-63-56(105-61-51(91)47(87)42(82)30(21-74)97-61)44(84)33(25-94-63)100-64-57(106-58-48(88)39(79)27(77)24-93-58)54(43(83)31(22-75)98-64)103-62-52(92)55(104-60-50(90)46(86)41(81)29(20-73)96-60)53(32(23-76)99-62)102-59-49(89)45(85)40(80)28(19-72)95-59/h27-64,72-92H,1,9-25H2,2-8H3. The maximum Gasteiger partial charge on any atom is 0.187 e. The molecule has 1 spiro atoms. The molecule has 8 saturated heterocycles. The summed E-state index contributed by atoms with van der Waals surface area (Å²) in [7, 11) is 0. The number of hydrogen-bond donors (Lipinski definition) is 21.